The number of hydrogen-bond acceptors (Lipinski definition) is 1. The third kappa shape index (κ3) is 206. The van der Waals surface area contributed by atoms with Crippen LogP contribution in [0.25, 0.3) is 0 Å². The zero-order valence-electron chi connectivity index (χ0n) is 3.06. The summed E-state index contributed by atoms with van der Waals surface area (Å²) in [5, 5.41) is 7.31. The van der Waals surface area contributed by atoms with Crippen molar-refractivity contribution in [3.05, 3.63) is 6.92 Å². The van der Waals surface area contributed by atoms with Crippen molar-refractivity contribution in [1.82, 2.24) is 0 Å². The van der Waals surface area contributed by atoms with Crippen LogP contribution in [0.4, 0.5) is 0 Å². The van der Waals surface area contributed by atoms with E-state index >= 15 is 0 Å². The summed E-state index contributed by atoms with van der Waals surface area (Å²) in [4.78, 5) is 8.89. The quantitative estimate of drug-likeness (QED) is 0.248. The Hall–Kier alpha value is 0.340. The van der Waals surface area contributed by atoms with E-state index in [1.54, 1.807) is 0 Å². The van der Waals surface area contributed by atoms with Crippen molar-refractivity contribution in [1.29, 1.82) is 0 Å². The Kier molecular flexibility index (Phi) is 7.83. The second-order valence-electron chi connectivity index (χ2n) is 0.394. The summed E-state index contributed by atoms with van der Waals surface area (Å²) in [5.74, 6) is -1.08. The number of hydrogen-bond donors (Lipinski definition) is 1. The van der Waals surface area contributed by atoms with Crippen molar-refractivity contribution in [3.63, 3.8) is 0 Å². The molecule has 5 heavy (non-hydrogen) atoms. The van der Waals surface area contributed by atoms with E-state index in [1.807, 2.05) is 0 Å². The standard InChI is InChI=1S/C2H3O2.Na/c1-2(3)4;/h1H2,(H,3,4);/q-1;+1. The first-order valence-electron chi connectivity index (χ1n) is 0.781. The average molecular weight is 82.0 g/mol. The molecule has 0 amide bonds. The van der Waals surface area contributed by atoms with Gasteiger partial charge in [-0.1, -0.05) is 0 Å². The van der Waals surface area contributed by atoms with Gasteiger partial charge < -0.3 is 5.11 Å². The van der Waals surface area contributed by atoms with Gasteiger partial charge in [-0.05, 0) is 0 Å². The summed E-state index contributed by atoms with van der Waals surface area (Å²) in [6, 6.07) is 0. The summed E-state index contributed by atoms with van der Waals surface area (Å²) in [6.07, 6.45) is 0. The van der Waals surface area contributed by atoms with Crippen LogP contribution in [0.2, 0.25) is 0 Å². The SMILES string of the molecule is [CH2-]C(=O)O.[Na+]. The fourth-order valence-corrected chi connectivity index (χ4v) is 0. The maximum atomic E-state index is 8.89. The van der Waals surface area contributed by atoms with E-state index in [0.29, 0.717) is 0 Å². The number of carboxylic acid groups (broad SMARTS) is 1. The Morgan fingerprint density at radius 3 is 1.80 bits per heavy atom. The van der Waals surface area contributed by atoms with Crippen LogP contribution in [-0.2, 0) is 4.79 Å². The van der Waals surface area contributed by atoms with Crippen molar-refractivity contribution in [2.24, 2.45) is 0 Å². The molecule has 3 heteroatoms. The first kappa shape index (κ1) is 9.02. The molecule has 0 spiro atoms. The molecule has 0 radical (unpaired) electrons. The Balaban J connectivity index is 0. The van der Waals surface area contributed by atoms with Crippen molar-refractivity contribution in [2.75, 3.05) is 0 Å². The number of aliphatic carboxylic acids is 1. The van der Waals surface area contributed by atoms with Crippen molar-refractivity contribution in [3.8, 4) is 0 Å². The fraction of sp³-hybridized carbons (Fsp3) is 0. The van der Waals surface area contributed by atoms with E-state index in [-0.39, 0.29) is 29.6 Å². The van der Waals surface area contributed by atoms with Crippen LogP contribution < -0.4 is 29.6 Å². The molecule has 0 bridgehead atoms. The average Bonchev–Trinajstić information content (AvgIpc) is 0.811. The Bertz CT molecular complexity index is 30.6. The van der Waals surface area contributed by atoms with E-state index in [4.69, 9.17) is 9.90 Å². The van der Waals surface area contributed by atoms with Gasteiger partial charge in [0.2, 0.25) is 0 Å². The number of carbonyl (C=O) groups is 1. The monoisotopic (exact) mass is 82.0 g/mol. The molecule has 0 aliphatic heterocycles. The third-order valence-electron chi connectivity index (χ3n) is 0. The van der Waals surface area contributed by atoms with Gasteiger partial charge in [-0.15, -0.1) is 0 Å². The molecule has 0 heterocycles. The molecule has 0 aromatic carbocycles. The van der Waals surface area contributed by atoms with E-state index in [2.05, 4.69) is 6.92 Å². The minimum atomic E-state index is -1.08. The minimum absolute atomic E-state index is 0. The fourth-order valence-electron chi connectivity index (χ4n) is 0. The molecule has 0 aromatic heterocycles. The van der Waals surface area contributed by atoms with Gasteiger partial charge in [-0.3, -0.25) is 11.7 Å². The van der Waals surface area contributed by atoms with Gasteiger partial charge in [-0.2, -0.15) is 0 Å². The number of rotatable bonds is 0. The normalized spacial score (nSPS) is 4.80. The number of carboxylic acids is 1. The second-order valence-corrected chi connectivity index (χ2v) is 0.394. The predicted molar refractivity (Wildman–Crippen MR) is 13.0 cm³/mol. The molecule has 1 N–H and O–H groups in total. The zero-order valence-corrected chi connectivity index (χ0v) is 5.06. The van der Waals surface area contributed by atoms with Crippen LogP contribution in [0.1, 0.15) is 0 Å². The van der Waals surface area contributed by atoms with Crippen molar-refractivity contribution >= 4 is 5.97 Å². The van der Waals surface area contributed by atoms with Crippen LogP contribution in [-0.4, -0.2) is 11.1 Å². The largest absolute Gasteiger partial charge is 1.00 e. The smallest absolute Gasteiger partial charge is 0.503 e. The van der Waals surface area contributed by atoms with Crippen LogP contribution in [0.5, 0.6) is 0 Å². The van der Waals surface area contributed by atoms with Crippen LogP contribution >= 0.6 is 0 Å². The van der Waals surface area contributed by atoms with Gasteiger partial charge in [0, 0.05) is 0 Å². The Morgan fingerprint density at radius 1 is 1.80 bits per heavy atom. The van der Waals surface area contributed by atoms with Crippen LogP contribution in [0.3, 0.4) is 0 Å². The maximum absolute atomic E-state index is 8.89. The summed E-state index contributed by atoms with van der Waals surface area (Å²) in [7, 11) is 0. The summed E-state index contributed by atoms with van der Waals surface area (Å²) >= 11 is 0. The topological polar surface area (TPSA) is 37.3 Å². The molecule has 0 aliphatic carbocycles. The van der Waals surface area contributed by atoms with Crippen LogP contribution in [0.15, 0.2) is 0 Å². The molecule has 0 fully saturated rings. The zero-order chi connectivity index (χ0) is 3.58. The van der Waals surface area contributed by atoms with Gasteiger partial charge in [0.25, 0.3) is 0 Å². The van der Waals surface area contributed by atoms with Gasteiger partial charge in [0.1, 0.15) is 0 Å². The van der Waals surface area contributed by atoms with Gasteiger partial charge in [0.05, 0.1) is 0 Å². The summed E-state index contributed by atoms with van der Waals surface area (Å²) in [5.41, 5.74) is 0. The summed E-state index contributed by atoms with van der Waals surface area (Å²) in [6.45, 7) is 2.56. The van der Waals surface area contributed by atoms with Crippen molar-refractivity contribution in [2.45, 2.75) is 0 Å². The van der Waals surface area contributed by atoms with Crippen LogP contribution in [0, 0.1) is 6.92 Å². The first-order valence-corrected chi connectivity index (χ1v) is 0.781. The molecule has 0 aliphatic rings. The molecule has 0 saturated carbocycles. The molecule has 2 nitrogen and oxygen atoms in total. The van der Waals surface area contributed by atoms with Crippen molar-refractivity contribution < 1.29 is 39.5 Å². The first-order chi connectivity index (χ1) is 1.73. The molecular formula is C2H3NaO2. The third-order valence-corrected chi connectivity index (χ3v) is 0. The molecule has 24 valence electrons. The molecule has 0 rings (SSSR count). The van der Waals surface area contributed by atoms with E-state index in [0.717, 1.165) is 0 Å². The van der Waals surface area contributed by atoms with E-state index < -0.39 is 5.97 Å². The molecule has 0 saturated heterocycles. The molecular weight excluding hydrogens is 79.0 g/mol. The summed E-state index contributed by atoms with van der Waals surface area (Å²) < 4.78 is 0. The Morgan fingerprint density at radius 2 is 1.80 bits per heavy atom. The van der Waals surface area contributed by atoms with E-state index in [1.165, 1.54) is 0 Å². The minimum Gasteiger partial charge on any atom is -0.503 e. The predicted octanol–water partition coefficient (Wildman–Crippen LogP) is -3.09. The van der Waals surface area contributed by atoms with E-state index in [9.17, 15) is 0 Å². The molecule has 0 aromatic rings. The van der Waals surface area contributed by atoms with Gasteiger partial charge in [-0.25, -0.2) is 0 Å². The molecule has 0 atom stereocenters. The maximum Gasteiger partial charge on any atom is 1.00 e. The molecule has 0 unspecified atom stereocenters. The second kappa shape index (κ2) is 4.34. The Labute approximate surface area is 52.5 Å². The van der Waals surface area contributed by atoms with Gasteiger partial charge in [0.15, 0.2) is 5.97 Å². The van der Waals surface area contributed by atoms with Gasteiger partial charge >= 0.3 is 29.6 Å².